The van der Waals surface area contributed by atoms with Gasteiger partial charge < -0.3 is 19.9 Å². The summed E-state index contributed by atoms with van der Waals surface area (Å²) < 4.78 is 10.1. The van der Waals surface area contributed by atoms with Crippen LogP contribution < -0.4 is 5.32 Å². The van der Waals surface area contributed by atoms with Crippen LogP contribution in [0.5, 0.6) is 0 Å². The SMILES string of the molecule is C[C@H](O)C(=O)NCC1=COCCO1. The van der Waals surface area contributed by atoms with Gasteiger partial charge in [-0.15, -0.1) is 0 Å². The summed E-state index contributed by atoms with van der Waals surface area (Å²) in [4.78, 5) is 10.9. The van der Waals surface area contributed by atoms with Gasteiger partial charge in [0.2, 0.25) is 5.91 Å². The van der Waals surface area contributed by atoms with Gasteiger partial charge in [-0.05, 0) is 6.92 Å². The second-order valence-electron chi connectivity index (χ2n) is 2.70. The summed E-state index contributed by atoms with van der Waals surface area (Å²) in [5, 5.41) is 11.3. The molecule has 1 atom stereocenters. The maximum absolute atomic E-state index is 10.9. The van der Waals surface area contributed by atoms with Gasteiger partial charge in [0.25, 0.3) is 0 Å². The molecule has 0 saturated carbocycles. The third-order valence-corrected chi connectivity index (χ3v) is 1.52. The molecule has 0 aromatic rings. The molecule has 74 valence electrons. The van der Waals surface area contributed by atoms with Gasteiger partial charge in [-0.25, -0.2) is 0 Å². The number of carbonyl (C=O) groups excluding carboxylic acids is 1. The molecule has 13 heavy (non-hydrogen) atoms. The summed E-state index contributed by atoms with van der Waals surface area (Å²) in [5.41, 5.74) is 0. The molecule has 5 nitrogen and oxygen atoms in total. The first-order chi connectivity index (χ1) is 6.20. The predicted octanol–water partition coefficient (Wildman–Crippen LogP) is -0.628. The average Bonchev–Trinajstić information content (AvgIpc) is 2.15. The van der Waals surface area contributed by atoms with Gasteiger partial charge in [0.1, 0.15) is 31.3 Å². The van der Waals surface area contributed by atoms with E-state index in [0.717, 1.165) is 0 Å². The minimum atomic E-state index is -0.995. The van der Waals surface area contributed by atoms with Gasteiger partial charge in [0.05, 0.1) is 6.54 Å². The molecule has 0 aromatic heterocycles. The number of hydrogen-bond acceptors (Lipinski definition) is 4. The monoisotopic (exact) mass is 187 g/mol. The first-order valence-corrected chi connectivity index (χ1v) is 4.09. The molecular weight excluding hydrogens is 174 g/mol. The fraction of sp³-hybridized carbons (Fsp3) is 0.625. The molecule has 0 aliphatic carbocycles. The summed E-state index contributed by atoms with van der Waals surface area (Å²) in [5.74, 6) is 0.148. The highest BCUT2D eigenvalue weighted by molar-refractivity contribution is 5.80. The van der Waals surface area contributed by atoms with Gasteiger partial charge >= 0.3 is 0 Å². The van der Waals surface area contributed by atoms with Crippen molar-refractivity contribution in [2.24, 2.45) is 0 Å². The van der Waals surface area contributed by atoms with Crippen LogP contribution in [-0.2, 0) is 14.3 Å². The van der Waals surface area contributed by atoms with Crippen LogP contribution in [0.2, 0.25) is 0 Å². The molecule has 1 heterocycles. The third kappa shape index (κ3) is 3.33. The van der Waals surface area contributed by atoms with Crippen molar-refractivity contribution in [2.45, 2.75) is 13.0 Å². The lowest BCUT2D eigenvalue weighted by Gasteiger charge is -2.16. The number of hydrogen-bond donors (Lipinski definition) is 2. The van der Waals surface area contributed by atoms with Gasteiger partial charge in [-0.2, -0.15) is 0 Å². The van der Waals surface area contributed by atoms with E-state index in [-0.39, 0.29) is 6.54 Å². The van der Waals surface area contributed by atoms with Gasteiger partial charge in [0.15, 0.2) is 0 Å². The molecule has 1 rings (SSSR count). The number of carbonyl (C=O) groups is 1. The summed E-state index contributed by atoms with van der Waals surface area (Å²) in [6.07, 6.45) is 0.469. The van der Waals surface area contributed by atoms with Crippen LogP contribution >= 0.6 is 0 Å². The number of nitrogens with one attached hydrogen (secondary N) is 1. The first kappa shape index (κ1) is 9.85. The smallest absolute Gasteiger partial charge is 0.248 e. The van der Waals surface area contributed by atoms with Gasteiger partial charge in [0, 0.05) is 0 Å². The lowest BCUT2D eigenvalue weighted by Crippen LogP contribution is -2.34. The maximum atomic E-state index is 10.9. The van der Waals surface area contributed by atoms with E-state index in [0.29, 0.717) is 19.0 Å². The number of aliphatic hydroxyl groups is 1. The highest BCUT2D eigenvalue weighted by Crippen LogP contribution is 2.01. The molecule has 0 spiro atoms. The van der Waals surface area contributed by atoms with Crippen LogP contribution in [0.4, 0.5) is 0 Å². The molecule has 5 heteroatoms. The highest BCUT2D eigenvalue weighted by atomic mass is 16.6. The molecule has 0 saturated heterocycles. The van der Waals surface area contributed by atoms with Crippen molar-refractivity contribution in [3.05, 3.63) is 12.0 Å². The van der Waals surface area contributed by atoms with E-state index in [9.17, 15) is 4.79 Å². The Morgan fingerprint density at radius 1 is 1.77 bits per heavy atom. The zero-order valence-corrected chi connectivity index (χ0v) is 7.45. The minimum Gasteiger partial charge on any atom is -0.494 e. The third-order valence-electron chi connectivity index (χ3n) is 1.52. The van der Waals surface area contributed by atoms with Crippen molar-refractivity contribution in [3.63, 3.8) is 0 Å². The van der Waals surface area contributed by atoms with E-state index in [1.807, 2.05) is 0 Å². The maximum Gasteiger partial charge on any atom is 0.248 e. The Morgan fingerprint density at radius 2 is 2.54 bits per heavy atom. The molecular formula is C8H13NO4. The van der Waals surface area contributed by atoms with Crippen molar-refractivity contribution >= 4 is 5.91 Å². The van der Waals surface area contributed by atoms with E-state index >= 15 is 0 Å². The van der Waals surface area contributed by atoms with Crippen LogP contribution in [0.15, 0.2) is 12.0 Å². The van der Waals surface area contributed by atoms with E-state index in [2.05, 4.69) is 5.32 Å². The standard InChI is InChI=1S/C8H13NO4/c1-6(10)8(11)9-4-7-5-12-2-3-13-7/h5-6,10H,2-4H2,1H3,(H,9,11)/t6-/m0/s1. The van der Waals surface area contributed by atoms with E-state index in [1.54, 1.807) is 0 Å². The Balaban J connectivity index is 2.25. The van der Waals surface area contributed by atoms with Gasteiger partial charge in [-0.1, -0.05) is 0 Å². The molecule has 0 radical (unpaired) electrons. The van der Waals surface area contributed by atoms with Crippen molar-refractivity contribution < 1.29 is 19.4 Å². The Morgan fingerprint density at radius 3 is 3.08 bits per heavy atom. The predicted molar refractivity (Wildman–Crippen MR) is 44.7 cm³/mol. The largest absolute Gasteiger partial charge is 0.494 e. The quantitative estimate of drug-likeness (QED) is 0.617. The van der Waals surface area contributed by atoms with Crippen molar-refractivity contribution in [2.75, 3.05) is 19.8 Å². The molecule has 2 N–H and O–H groups in total. The summed E-state index contributed by atoms with van der Waals surface area (Å²) >= 11 is 0. The number of aliphatic hydroxyl groups excluding tert-OH is 1. The Hall–Kier alpha value is -1.23. The Labute approximate surface area is 76.3 Å². The van der Waals surface area contributed by atoms with Crippen molar-refractivity contribution in [1.82, 2.24) is 5.32 Å². The number of rotatable bonds is 3. The van der Waals surface area contributed by atoms with E-state index in [1.165, 1.54) is 13.2 Å². The van der Waals surface area contributed by atoms with Crippen LogP contribution in [0, 0.1) is 0 Å². The molecule has 1 aliphatic rings. The van der Waals surface area contributed by atoms with Crippen LogP contribution in [0.1, 0.15) is 6.92 Å². The van der Waals surface area contributed by atoms with E-state index < -0.39 is 12.0 Å². The number of amides is 1. The van der Waals surface area contributed by atoms with Gasteiger partial charge in [-0.3, -0.25) is 4.79 Å². The van der Waals surface area contributed by atoms with Crippen LogP contribution in [0.25, 0.3) is 0 Å². The zero-order valence-electron chi connectivity index (χ0n) is 7.45. The molecule has 1 aliphatic heterocycles. The van der Waals surface area contributed by atoms with E-state index in [4.69, 9.17) is 14.6 Å². The second-order valence-corrected chi connectivity index (χ2v) is 2.70. The molecule has 0 aromatic carbocycles. The Bertz CT molecular complexity index is 212. The van der Waals surface area contributed by atoms with Crippen LogP contribution in [-0.4, -0.2) is 36.9 Å². The highest BCUT2D eigenvalue weighted by Gasteiger charge is 2.10. The molecule has 0 fully saturated rings. The molecule has 0 bridgehead atoms. The minimum absolute atomic E-state index is 0.254. The molecule has 0 unspecified atom stereocenters. The van der Waals surface area contributed by atoms with Crippen molar-refractivity contribution in [3.8, 4) is 0 Å². The van der Waals surface area contributed by atoms with Crippen LogP contribution in [0.3, 0.4) is 0 Å². The fourth-order valence-corrected chi connectivity index (χ4v) is 0.821. The first-order valence-electron chi connectivity index (χ1n) is 4.09. The summed E-state index contributed by atoms with van der Waals surface area (Å²) in [6, 6.07) is 0. The normalized spacial score (nSPS) is 17.8. The fourth-order valence-electron chi connectivity index (χ4n) is 0.821. The average molecular weight is 187 g/mol. The topological polar surface area (TPSA) is 67.8 Å². The summed E-state index contributed by atoms with van der Waals surface area (Å²) in [7, 11) is 0. The van der Waals surface area contributed by atoms with Crippen molar-refractivity contribution in [1.29, 1.82) is 0 Å². The lowest BCUT2D eigenvalue weighted by molar-refractivity contribution is -0.128. The second kappa shape index (κ2) is 4.71. The Kier molecular flexibility index (Phi) is 3.57. The zero-order chi connectivity index (χ0) is 9.68. The lowest BCUT2D eigenvalue weighted by atomic mass is 10.4. The summed E-state index contributed by atoms with van der Waals surface area (Å²) in [6.45, 7) is 2.69. The molecule has 1 amide bonds. The number of ether oxygens (including phenoxy) is 2.